The zero-order valence-corrected chi connectivity index (χ0v) is 15.4. The lowest BCUT2D eigenvalue weighted by molar-refractivity contribution is 0.0493. The first-order valence-electron chi connectivity index (χ1n) is 8.21. The first kappa shape index (κ1) is 21.6. The van der Waals surface area contributed by atoms with Crippen molar-refractivity contribution in [2.24, 2.45) is 10.9 Å². The molecule has 130 valence electrons. The Morgan fingerprint density at radius 3 is 2.45 bits per heavy atom. The molecule has 0 fully saturated rings. The summed E-state index contributed by atoms with van der Waals surface area (Å²) in [5.41, 5.74) is 0.758. The van der Waals surface area contributed by atoms with E-state index in [1.54, 1.807) is 0 Å². The van der Waals surface area contributed by atoms with Crippen LogP contribution in [0.25, 0.3) is 0 Å². The maximum absolute atomic E-state index is 13.0. The molecule has 1 atom stereocenters. The van der Waals surface area contributed by atoms with Crippen molar-refractivity contribution in [2.45, 2.75) is 65.7 Å². The van der Waals surface area contributed by atoms with Crippen LogP contribution in [0.5, 0.6) is 0 Å². The topological polar surface area (TPSA) is 24.4 Å². The number of aliphatic imine (C=N–C) groups is 1. The van der Waals surface area contributed by atoms with E-state index >= 15 is 0 Å². The molecule has 0 aliphatic rings. The molecule has 22 heavy (non-hydrogen) atoms. The van der Waals surface area contributed by atoms with Crippen LogP contribution in [0.15, 0.2) is 15.6 Å². The summed E-state index contributed by atoms with van der Waals surface area (Å²) in [5.74, 6) is -2.07. The molecule has 0 radical (unpaired) electrons. The van der Waals surface area contributed by atoms with Crippen molar-refractivity contribution >= 4 is 18.5 Å². The second-order valence-electron chi connectivity index (χ2n) is 5.88. The summed E-state index contributed by atoms with van der Waals surface area (Å²) in [6.07, 6.45) is 5.65. The monoisotopic (exact) mass is 334 g/mol. The molecule has 0 aromatic heterocycles. The van der Waals surface area contributed by atoms with Crippen molar-refractivity contribution in [3.05, 3.63) is 10.6 Å². The van der Waals surface area contributed by atoms with Crippen molar-refractivity contribution in [2.75, 3.05) is 18.8 Å². The lowest BCUT2D eigenvalue weighted by Gasteiger charge is -2.15. The van der Waals surface area contributed by atoms with Gasteiger partial charge < -0.3 is 5.32 Å². The molecule has 0 aromatic carbocycles. The van der Waals surface area contributed by atoms with E-state index in [0.717, 1.165) is 43.0 Å². The van der Waals surface area contributed by atoms with Gasteiger partial charge in [-0.2, -0.15) is 0 Å². The number of nitrogens with one attached hydrogen (secondary N) is 1. The van der Waals surface area contributed by atoms with Crippen molar-refractivity contribution in [3.8, 4) is 0 Å². The van der Waals surface area contributed by atoms with E-state index in [4.69, 9.17) is 0 Å². The lowest BCUT2D eigenvalue weighted by Crippen LogP contribution is -2.20. The van der Waals surface area contributed by atoms with Crippen LogP contribution in [0.4, 0.5) is 8.78 Å². The Balaban J connectivity index is 4.12. The molecule has 0 unspecified atom stereocenters. The fraction of sp³-hybridized carbons (Fsp3) is 0.824. The molecular formula is C17H32F2N2S. The summed E-state index contributed by atoms with van der Waals surface area (Å²) < 4.78 is 26.0. The third-order valence-electron chi connectivity index (χ3n) is 3.67. The first-order valence-corrected chi connectivity index (χ1v) is 9.20. The van der Waals surface area contributed by atoms with Gasteiger partial charge in [-0.05, 0) is 45.5 Å². The van der Waals surface area contributed by atoms with Gasteiger partial charge in [-0.25, -0.2) is 8.78 Å². The summed E-state index contributed by atoms with van der Waals surface area (Å²) in [7, 11) is 0. The molecule has 0 saturated carbocycles. The molecule has 0 aliphatic carbocycles. The summed E-state index contributed by atoms with van der Waals surface area (Å²) in [4.78, 5) is 4.80. The summed E-state index contributed by atoms with van der Waals surface area (Å²) in [6.45, 7) is 12.5. The van der Waals surface area contributed by atoms with Crippen molar-refractivity contribution in [3.63, 3.8) is 0 Å². The second kappa shape index (κ2) is 12.1. The van der Waals surface area contributed by atoms with Crippen LogP contribution < -0.4 is 5.32 Å². The molecule has 0 aliphatic heterocycles. The Kier molecular flexibility index (Phi) is 11.8. The zero-order chi connectivity index (χ0) is 17.0. The Morgan fingerprint density at radius 1 is 1.27 bits per heavy atom. The zero-order valence-electron chi connectivity index (χ0n) is 14.6. The molecule has 0 bridgehead atoms. The first-order chi connectivity index (χ1) is 10.3. The molecule has 0 spiro atoms. The average Bonchev–Trinajstić information content (AvgIpc) is 2.46. The standard InChI is InChI=1S/C17H32F2N2S/c1-6-8-15(7-2)9-11-21-12-10-16(14(3)20-5)22-13-17(4,18)19/h15,21H,5-13H2,1-4H3/b16-14-/t15-/m0/s1. The van der Waals surface area contributed by atoms with E-state index in [1.165, 1.54) is 37.4 Å². The quantitative estimate of drug-likeness (QED) is 0.355. The number of hydrogen-bond acceptors (Lipinski definition) is 3. The van der Waals surface area contributed by atoms with Crippen LogP contribution in [0, 0.1) is 5.92 Å². The van der Waals surface area contributed by atoms with Crippen molar-refractivity contribution in [1.29, 1.82) is 0 Å². The maximum Gasteiger partial charge on any atom is 0.254 e. The van der Waals surface area contributed by atoms with Gasteiger partial charge in [0.05, 0.1) is 5.75 Å². The van der Waals surface area contributed by atoms with E-state index in [9.17, 15) is 8.78 Å². The minimum absolute atomic E-state index is 0.205. The predicted octanol–water partition coefficient (Wildman–Crippen LogP) is 5.50. The van der Waals surface area contributed by atoms with Gasteiger partial charge in [-0.15, -0.1) is 11.8 Å². The lowest BCUT2D eigenvalue weighted by atomic mass is 9.97. The normalized spacial score (nSPS) is 14.6. The minimum atomic E-state index is -2.65. The Hall–Kier alpha value is -0.420. The molecule has 1 N–H and O–H groups in total. The van der Waals surface area contributed by atoms with E-state index in [0.29, 0.717) is 0 Å². The van der Waals surface area contributed by atoms with Gasteiger partial charge in [0, 0.05) is 17.5 Å². The summed E-state index contributed by atoms with van der Waals surface area (Å²) in [6, 6.07) is 0. The largest absolute Gasteiger partial charge is 0.316 e. The molecular weight excluding hydrogens is 302 g/mol. The van der Waals surface area contributed by atoms with Gasteiger partial charge in [0.2, 0.25) is 0 Å². The number of hydrogen-bond donors (Lipinski definition) is 1. The van der Waals surface area contributed by atoms with Gasteiger partial charge in [-0.1, -0.05) is 33.1 Å². The third kappa shape index (κ3) is 11.2. The van der Waals surface area contributed by atoms with Gasteiger partial charge in [-0.3, -0.25) is 4.99 Å². The van der Waals surface area contributed by atoms with Gasteiger partial charge in [0.1, 0.15) is 0 Å². The summed E-state index contributed by atoms with van der Waals surface area (Å²) in [5, 5.41) is 3.42. The molecule has 0 aromatic rings. The van der Waals surface area contributed by atoms with E-state index in [2.05, 4.69) is 30.9 Å². The van der Waals surface area contributed by atoms with Crippen LogP contribution in [-0.2, 0) is 0 Å². The Morgan fingerprint density at radius 2 is 1.95 bits per heavy atom. The van der Waals surface area contributed by atoms with E-state index in [-0.39, 0.29) is 5.75 Å². The predicted molar refractivity (Wildman–Crippen MR) is 96.1 cm³/mol. The molecule has 2 nitrogen and oxygen atoms in total. The SMILES string of the molecule is C=N/C(C)=C(/CCNCC[C@@H](CC)CCC)SCC(C)(F)F. The highest BCUT2D eigenvalue weighted by molar-refractivity contribution is 8.03. The second-order valence-corrected chi connectivity index (χ2v) is 6.95. The minimum Gasteiger partial charge on any atom is -0.316 e. The van der Waals surface area contributed by atoms with Crippen molar-refractivity contribution in [1.82, 2.24) is 5.32 Å². The molecule has 0 amide bonds. The van der Waals surface area contributed by atoms with E-state index in [1.807, 2.05) is 6.92 Å². The van der Waals surface area contributed by atoms with Crippen LogP contribution >= 0.6 is 11.8 Å². The van der Waals surface area contributed by atoms with Crippen LogP contribution in [-0.4, -0.2) is 31.5 Å². The molecule has 0 heterocycles. The highest BCUT2D eigenvalue weighted by atomic mass is 32.2. The number of nitrogens with zero attached hydrogens (tertiary/aromatic N) is 1. The Labute approximate surface area is 139 Å². The number of alkyl halides is 2. The maximum atomic E-state index is 13.0. The number of allylic oxidation sites excluding steroid dienone is 1. The van der Waals surface area contributed by atoms with E-state index < -0.39 is 5.92 Å². The van der Waals surface area contributed by atoms with Crippen LogP contribution in [0.2, 0.25) is 0 Å². The summed E-state index contributed by atoms with van der Waals surface area (Å²) >= 11 is 1.19. The fourth-order valence-corrected chi connectivity index (χ4v) is 3.20. The number of rotatable bonds is 13. The van der Waals surface area contributed by atoms with Gasteiger partial charge >= 0.3 is 0 Å². The highest BCUT2D eigenvalue weighted by Crippen LogP contribution is 2.29. The fourth-order valence-electron chi connectivity index (χ4n) is 2.25. The molecule has 0 rings (SSSR count). The van der Waals surface area contributed by atoms with Crippen molar-refractivity contribution < 1.29 is 8.78 Å². The third-order valence-corrected chi connectivity index (χ3v) is 5.17. The molecule has 5 heteroatoms. The Bertz CT molecular complexity index is 338. The average molecular weight is 335 g/mol. The highest BCUT2D eigenvalue weighted by Gasteiger charge is 2.22. The van der Waals surface area contributed by atoms with Gasteiger partial charge in [0.25, 0.3) is 5.92 Å². The van der Waals surface area contributed by atoms with Crippen LogP contribution in [0.1, 0.15) is 59.8 Å². The van der Waals surface area contributed by atoms with Crippen LogP contribution in [0.3, 0.4) is 0 Å². The number of thioether (sulfide) groups is 1. The molecule has 0 saturated heterocycles. The number of halogens is 2. The smallest absolute Gasteiger partial charge is 0.254 e. The van der Waals surface area contributed by atoms with Gasteiger partial charge in [0.15, 0.2) is 0 Å².